The third-order valence-electron chi connectivity index (χ3n) is 5.47. The van der Waals surface area contributed by atoms with Crippen LogP contribution in [0.5, 0.6) is 17.2 Å². The molecule has 1 aliphatic rings. The second-order valence-electron chi connectivity index (χ2n) is 7.41. The van der Waals surface area contributed by atoms with Crippen molar-refractivity contribution in [3.63, 3.8) is 0 Å². The van der Waals surface area contributed by atoms with Crippen LogP contribution in [0, 0.1) is 5.92 Å². The van der Waals surface area contributed by atoms with Gasteiger partial charge in [-0.1, -0.05) is 19.3 Å². The lowest BCUT2D eigenvalue weighted by atomic mass is 9.90. The minimum Gasteiger partial charge on any atom is -0.493 e. The number of methoxy groups -OCH3 is 2. The van der Waals surface area contributed by atoms with E-state index in [0.29, 0.717) is 23.2 Å². The number of benzene rings is 2. The van der Waals surface area contributed by atoms with Crippen molar-refractivity contribution < 1.29 is 14.2 Å². The van der Waals surface area contributed by atoms with Gasteiger partial charge < -0.3 is 19.5 Å². The van der Waals surface area contributed by atoms with Crippen LogP contribution in [0.3, 0.4) is 0 Å². The number of hydrogen-bond acceptors (Lipinski definition) is 6. The quantitative estimate of drug-likeness (QED) is 0.514. The summed E-state index contributed by atoms with van der Waals surface area (Å²) in [6.45, 7) is 0.810. The summed E-state index contributed by atoms with van der Waals surface area (Å²) >= 11 is 0. The van der Waals surface area contributed by atoms with Gasteiger partial charge in [0.15, 0.2) is 11.5 Å². The highest BCUT2D eigenvalue weighted by Gasteiger charge is 2.14. The van der Waals surface area contributed by atoms with Crippen molar-refractivity contribution in [2.24, 2.45) is 5.92 Å². The molecule has 0 atom stereocenters. The van der Waals surface area contributed by atoms with Crippen molar-refractivity contribution in [2.45, 2.75) is 32.1 Å². The summed E-state index contributed by atoms with van der Waals surface area (Å²) in [6.07, 6.45) is 8.15. The average Bonchev–Trinajstić information content (AvgIpc) is 2.78. The van der Waals surface area contributed by atoms with E-state index in [2.05, 4.69) is 15.3 Å². The molecule has 4 rings (SSSR count). The summed E-state index contributed by atoms with van der Waals surface area (Å²) in [5, 5.41) is 4.23. The van der Waals surface area contributed by atoms with Crippen LogP contribution < -0.4 is 19.5 Å². The van der Waals surface area contributed by atoms with Crippen molar-refractivity contribution in [3.05, 3.63) is 42.7 Å². The molecule has 3 aromatic rings. The summed E-state index contributed by atoms with van der Waals surface area (Å²) in [6, 6.07) is 11.7. The topological polar surface area (TPSA) is 65.5 Å². The van der Waals surface area contributed by atoms with Crippen LogP contribution >= 0.6 is 12.4 Å². The Labute approximate surface area is 183 Å². The average molecular weight is 430 g/mol. The van der Waals surface area contributed by atoms with E-state index in [-0.39, 0.29) is 12.4 Å². The van der Waals surface area contributed by atoms with Gasteiger partial charge in [0.05, 0.1) is 26.3 Å². The maximum Gasteiger partial charge on any atom is 0.162 e. The number of nitrogens with zero attached hydrogens (tertiary/aromatic N) is 2. The predicted octanol–water partition coefficient (Wildman–Crippen LogP) is 5.77. The van der Waals surface area contributed by atoms with Gasteiger partial charge in [0.1, 0.15) is 17.9 Å². The highest BCUT2D eigenvalue weighted by atomic mass is 35.5. The summed E-state index contributed by atoms with van der Waals surface area (Å²) in [4.78, 5) is 8.75. The third-order valence-corrected chi connectivity index (χ3v) is 5.47. The molecule has 30 heavy (non-hydrogen) atoms. The second-order valence-corrected chi connectivity index (χ2v) is 7.41. The molecule has 0 amide bonds. The van der Waals surface area contributed by atoms with E-state index in [4.69, 9.17) is 14.2 Å². The minimum atomic E-state index is 0. The lowest BCUT2D eigenvalue weighted by Gasteiger charge is -2.21. The lowest BCUT2D eigenvalue weighted by molar-refractivity contribution is 0.209. The first kappa shape index (κ1) is 22.0. The fourth-order valence-electron chi connectivity index (χ4n) is 3.82. The molecule has 1 aliphatic carbocycles. The minimum absolute atomic E-state index is 0. The molecule has 7 heteroatoms. The SMILES string of the molecule is COc1cc2ncnc(Nc3ccc(OCC4CCCCC4)cc3)c2cc1OC.Cl. The van der Waals surface area contributed by atoms with Gasteiger partial charge in [-0.05, 0) is 49.1 Å². The maximum absolute atomic E-state index is 5.99. The molecule has 160 valence electrons. The third kappa shape index (κ3) is 5.05. The Kier molecular flexibility index (Phi) is 7.57. The summed E-state index contributed by atoms with van der Waals surface area (Å²) in [5.74, 6) is 3.60. The number of ether oxygens (including phenoxy) is 3. The van der Waals surface area contributed by atoms with Crippen LogP contribution in [-0.4, -0.2) is 30.8 Å². The standard InChI is InChI=1S/C23H27N3O3.ClH/c1-27-21-12-19-20(13-22(21)28-2)24-15-25-23(19)26-17-8-10-18(11-9-17)29-14-16-6-4-3-5-7-16;/h8-13,15-16H,3-7,14H2,1-2H3,(H,24,25,26);1H. The van der Waals surface area contributed by atoms with Gasteiger partial charge in [-0.2, -0.15) is 0 Å². The largest absolute Gasteiger partial charge is 0.493 e. The molecule has 2 aromatic carbocycles. The molecule has 1 aromatic heterocycles. The zero-order chi connectivity index (χ0) is 20.1. The molecule has 1 heterocycles. The zero-order valence-electron chi connectivity index (χ0n) is 17.4. The molecule has 6 nitrogen and oxygen atoms in total. The van der Waals surface area contributed by atoms with Crippen LogP contribution in [0.4, 0.5) is 11.5 Å². The van der Waals surface area contributed by atoms with Crippen molar-refractivity contribution in [1.29, 1.82) is 0 Å². The Morgan fingerprint density at radius 1 is 0.933 bits per heavy atom. The Balaban J connectivity index is 0.00000256. The monoisotopic (exact) mass is 429 g/mol. The highest BCUT2D eigenvalue weighted by Crippen LogP contribution is 2.34. The summed E-state index contributed by atoms with van der Waals surface area (Å²) in [7, 11) is 3.23. The van der Waals surface area contributed by atoms with Gasteiger partial charge >= 0.3 is 0 Å². The predicted molar refractivity (Wildman–Crippen MR) is 122 cm³/mol. The molecule has 0 spiro atoms. The summed E-state index contributed by atoms with van der Waals surface area (Å²) in [5.41, 5.74) is 1.72. The van der Waals surface area contributed by atoms with E-state index in [0.717, 1.165) is 28.9 Å². The number of aromatic nitrogens is 2. The van der Waals surface area contributed by atoms with Crippen LogP contribution in [0.2, 0.25) is 0 Å². The molecule has 0 aliphatic heterocycles. The number of hydrogen-bond donors (Lipinski definition) is 1. The van der Waals surface area contributed by atoms with Crippen molar-refractivity contribution in [3.8, 4) is 17.2 Å². The fraction of sp³-hybridized carbons (Fsp3) is 0.391. The van der Waals surface area contributed by atoms with Crippen molar-refractivity contribution in [2.75, 3.05) is 26.1 Å². The molecular weight excluding hydrogens is 402 g/mol. The van der Waals surface area contributed by atoms with Gasteiger partial charge in [-0.25, -0.2) is 9.97 Å². The van der Waals surface area contributed by atoms with E-state index < -0.39 is 0 Å². The molecule has 0 bridgehead atoms. The Morgan fingerprint density at radius 3 is 2.33 bits per heavy atom. The van der Waals surface area contributed by atoms with E-state index in [1.54, 1.807) is 14.2 Å². The summed E-state index contributed by atoms with van der Waals surface area (Å²) < 4.78 is 16.8. The van der Waals surface area contributed by atoms with Crippen LogP contribution in [0.1, 0.15) is 32.1 Å². The van der Waals surface area contributed by atoms with Gasteiger partial charge in [0.2, 0.25) is 0 Å². The number of rotatable bonds is 7. The first-order chi connectivity index (χ1) is 14.3. The normalized spacial score (nSPS) is 14.1. The number of anilines is 2. The maximum atomic E-state index is 5.99. The molecular formula is C23H28ClN3O3. The van der Waals surface area contributed by atoms with Crippen molar-refractivity contribution >= 4 is 34.8 Å². The molecule has 1 N–H and O–H groups in total. The molecule has 1 saturated carbocycles. The smallest absolute Gasteiger partial charge is 0.162 e. The van der Waals surface area contributed by atoms with Gasteiger partial charge in [-0.3, -0.25) is 0 Å². The zero-order valence-corrected chi connectivity index (χ0v) is 18.2. The highest BCUT2D eigenvalue weighted by molar-refractivity contribution is 5.93. The first-order valence-electron chi connectivity index (χ1n) is 10.1. The Bertz CT molecular complexity index is 960. The first-order valence-corrected chi connectivity index (χ1v) is 10.1. The number of nitrogens with one attached hydrogen (secondary N) is 1. The van der Waals surface area contributed by atoms with E-state index in [9.17, 15) is 0 Å². The Morgan fingerprint density at radius 2 is 1.63 bits per heavy atom. The van der Waals surface area contributed by atoms with Gasteiger partial charge in [0.25, 0.3) is 0 Å². The van der Waals surface area contributed by atoms with Crippen LogP contribution in [0.25, 0.3) is 10.9 Å². The number of halogens is 1. The van der Waals surface area contributed by atoms with Crippen LogP contribution in [-0.2, 0) is 0 Å². The lowest BCUT2D eigenvalue weighted by Crippen LogP contribution is -2.15. The Hall–Kier alpha value is -2.73. The number of fused-ring (bicyclic) bond motifs is 1. The molecule has 0 unspecified atom stereocenters. The van der Waals surface area contributed by atoms with E-state index in [1.807, 2.05) is 36.4 Å². The molecule has 1 fully saturated rings. The van der Waals surface area contributed by atoms with Crippen LogP contribution in [0.15, 0.2) is 42.7 Å². The van der Waals surface area contributed by atoms with E-state index >= 15 is 0 Å². The van der Waals surface area contributed by atoms with E-state index in [1.165, 1.54) is 38.4 Å². The molecule has 0 saturated heterocycles. The van der Waals surface area contributed by atoms with Crippen molar-refractivity contribution in [1.82, 2.24) is 9.97 Å². The van der Waals surface area contributed by atoms with Gasteiger partial charge in [-0.15, -0.1) is 12.4 Å². The second kappa shape index (κ2) is 10.3. The molecule has 0 radical (unpaired) electrons. The van der Waals surface area contributed by atoms with Gasteiger partial charge in [0, 0.05) is 17.1 Å². The fourth-order valence-corrected chi connectivity index (χ4v) is 3.82.